The molecule has 0 radical (unpaired) electrons. The fourth-order valence-electron chi connectivity index (χ4n) is 1.37. The molecule has 0 aliphatic heterocycles. The summed E-state index contributed by atoms with van der Waals surface area (Å²) in [4.78, 5) is 11.5. The lowest BCUT2D eigenvalue weighted by Gasteiger charge is -2.13. The third-order valence-corrected chi connectivity index (χ3v) is 2.09. The lowest BCUT2D eigenvalue weighted by Crippen LogP contribution is -2.16. The summed E-state index contributed by atoms with van der Waals surface area (Å²) in [6, 6.07) is 3.42. The normalized spacial score (nSPS) is 11.9. The molecular formula is C12H12F2O2. The van der Waals surface area contributed by atoms with Crippen LogP contribution in [0.2, 0.25) is 0 Å². The number of carbonyl (C=O) groups excluding carboxylic acids is 1. The highest BCUT2D eigenvalue weighted by Crippen LogP contribution is 2.24. The molecule has 0 saturated carbocycles. The summed E-state index contributed by atoms with van der Waals surface area (Å²) in [5.74, 6) is -3.38. The molecule has 4 heteroatoms. The number of hydrogen-bond acceptors (Lipinski definition) is 2. The Bertz CT molecular complexity index is 382. The van der Waals surface area contributed by atoms with E-state index in [9.17, 15) is 13.6 Å². The zero-order chi connectivity index (χ0) is 12.1. The summed E-state index contributed by atoms with van der Waals surface area (Å²) in [5.41, 5.74) is -0.323. The molecule has 86 valence electrons. The molecule has 1 unspecified atom stereocenters. The number of rotatable bonds is 4. The van der Waals surface area contributed by atoms with Gasteiger partial charge in [0.1, 0.15) is 17.6 Å². The number of halogens is 2. The minimum Gasteiger partial charge on any atom is -0.465 e. The van der Waals surface area contributed by atoms with Crippen molar-refractivity contribution in [2.45, 2.75) is 12.8 Å². The van der Waals surface area contributed by atoms with Crippen LogP contribution < -0.4 is 0 Å². The Hall–Kier alpha value is -1.71. The lowest BCUT2D eigenvalue weighted by atomic mass is 9.98. The van der Waals surface area contributed by atoms with E-state index in [1.807, 2.05) is 0 Å². The van der Waals surface area contributed by atoms with E-state index in [-0.39, 0.29) is 12.2 Å². The number of benzene rings is 1. The highest BCUT2D eigenvalue weighted by atomic mass is 19.1. The van der Waals surface area contributed by atoms with Crippen LogP contribution in [0.25, 0.3) is 0 Å². The lowest BCUT2D eigenvalue weighted by molar-refractivity contribution is -0.143. The van der Waals surface area contributed by atoms with Crippen molar-refractivity contribution in [2.24, 2.45) is 0 Å². The average Bonchev–Trinajstić information content (AvgIpc) is 2.24. The van der Waals surface area contributed by atoms with Gasteiger partial charge in [-0.25, -0.2) is 8.78 Å². The standard InChI is InChI=1S/C12H12F2O2/c1-3-8(12(15)16-4-2)11-9(13)6-5-7-10(11)14/h3,5-8H,1,4H2,2H3. The molecule has 2 nitrogen and oxygen atoms in total. The van der Waals surface area contributed by atoms with Crippen LogP contribution in [0.1, 0.15) is 18.4 Å². The van der Waals surface area contributed by atoms with Gasteiger partial charge in [-0.1, -0.05) is 12.1 Å². The van der Waals surface area contributed by atoms with E-state index >= 15 is 0 Å². The SMILES string of the molecule is C=CC(C(=O)OCC)c1c(F)cccc1F. The van der Waals surface area contributed by atoms with Gasteiger partial charge in [-0.15, -0.1) is 6.58 Å². The molecule has 0 aromatic heterocycles. The van der Waals surface area contributed by atoms with Crippen LogP contribution in [-0.2, 0) is 9.53 Å². The van der Waals surface area contributed by atoms with Gasteiger partial charge >= 0.3 is 5.97 Å². The molecule has 1 atom stereocenters. The zero-order valence-corrected chi connectivity index (χ0v) is 8.87. The second-order valence-corrected chi connectivity index (χ2v) is 3.10. The molecule has 0 aliphatic carbocycles. The smallest absolute Gasteiger partial charge is 0.317 e. The molecule has 0 heterocycles. The molecule has 1 aromatic rings. The van der Waals surface area contributed by atoms with E-state index in [2.05, 4.69) is 6.58 Å². The Kier molecular flexibility index (Phi) is 4.17. The molecule has 0 bridgehead atoms. The quantitative estimate of drug-likeness (QED) is 0.583. The minimum atomic E-state index is -1.11. The summed E-state index contributed by atoms with van der Waals surface area (Å²) >= 11 is 0. The van der Waals surface area contributed by atoms with Crippen molar-refractivity contribution in [2.75, 3.05) is 6.61 Å². The fourth-order valence-corrected chi connectivity index (χ4v) is 1.37. The van der Waals surface area contributed by atoms with Gasteiger partial charge in [0.2, 0.25) is 0 Å². The summed E-state index contributed by atoms with van der Waals surface area (Å²) < 4.78 is 31.5. The van der Waals surface area contributed by atoms with Crippen LogP contribution in [0.3, 0.4) is 0 Å². The van der Waals surface area contributed by atoms with E-state index in [4.69, 9.17) is 4.74 Å². The van der Waals surface area contributed by atoms with Gasteiger partial charge in [-0.2, -0.15) is 0 Å². The predicted molar refractivity (Wildman–Crippen MR) is 55.9 cm³/mol. The molecule has 0 spiro atoms. The zero-order valence-electron chi connectivity index (χ0n) is 8.87. The first-order chi connectivity index (χ1) is 7.61. The Balaban J connectivity index is 3.13. The van der Waals surface area contributed by atoms with Gasteiger partial charge in [0.25, 0.3) is 0 Å². The van der Waals surface area contributed by atoms with Crippen LogP contribution in [0.5, 0.6) is 0 Å². The van der Waals surface area contributed by atoms with Crippen LogP contribution in [-0.4, -0.2) is 12.6 Å². The molecule has 0 saturated heterocycles. The molecule has 0 N–H and O–H groups in total. The first-order valence-electron chi connectivity index (χ1n) is 4.84. The third kappa shape index (κ3) is 2.45. The predicted octanol–water partition coefficient (Wildman–Crippen LogP) is 2.80. The number of esters is 1. The monoisotopic (exact) mass is 226 g/mol. The van der Waals surface area contributed by atoms with Gasteiger partial charge in [0.05, 0.1) is 6.61 Å². The fraction of sp³-hybridized carbons (Fsp3) is 0.250. The van der Waals surface area contributed by atoms with Crippen molar-refractivity contribution in [1.29, 1.82) is 0 Å². The van der Waals surface area contributed by atoms with Crippen molar-refractivity contribution >= 4 is 5.97 Å². The summed E-state index contributed by atoms with van der Waals surface area (Å²) in [7, 11) is 0. The highest BCUT2D eigenvalue weighted by molar-refractivity contribution is 5.80. The number of ether oxygens (including phenoxy) is 1. The van der Waals surface area contributed by atoms with Crippen LogP contribution in [0, 0.1) is 11.6 Å². The third-order valence-electron chi connectivity index (χ3n) is 2.09. The Labute approximate surface area is 92.5 Å². The topological polar surface area (TPSA) is 26.3 Å². The van der Waals surface area contributed by atoms with Gasteiger partial charge in [0.15, 0.2) is 0 Å². The molecule has 0 aliphatic rings. The Morgan fingerprint density at radius 2 is 2.06 bits per heavy atom. The van der Waals surface area contributed by atoms with Crippen LogP contribution in [0.15, 0.2) is 30.9 Å². The number of carbonyl (C=O) groups is 1. The minimum absolute atomic E-state index is 0.152. The molecule has 1 aromatic carbocycles. The van der Waals surface area contributed by atoms with E-state index in [1.54, 1.807) is 6.92 Å². The van der Waals surface area contributed by atoms with Crippen molar-refractivity contribution in [3.05, 3.63) is 48.1 Å². The van der Waals surface area contributed by atoms with Crippen LogP contribution in [0.4, 0.5) is 8.78 Å². The van der Waals surface area contributed by atoms with E-state index in [0.717, 1.165) is 12.1 Å². The highest BCUT2D eigenvalue weighted by Gasteiger charge is 2.25. The first kappa shape index (κ1) is 12.4. The van der Waals surface area contributed by atoms with Gasteiger partial charge in [-0.05, 0) is 19.1 Å². The Morgan fingerprint density at radius 1 is 1.50 bits per heavy atom. The van der Waals surface area contributed by atoms with Crippen molar-refractivity contribution in [3.8, 4) is 0 Å². The van der Waals surface area contributed by atoms with Gasteiger partial charge in [-0.3, -0.25) is 4.79 Å². The molecular weight excluding hydrogens is 214 g/mol. The van der Waals surface area contributed by atoms with E-state index < -0.39 is 23.5 Å². The van der Waals surface area contributed by atoms with Gasteiger partial charge in [0, 0.05) is 5.56 Å². The summed E-state index contributed by atoms with van der Waals surface area (Å²) in [6.07, 6.45) is 1.17. The number of hydrogen-bond donors (Lipinski definition) is 0. The van der Waals surface area contributed by atoms with Crippen molar-refractivity contribution in [1.82, 2.24) is 0 Å². The summed E-state index contributed by atoms with van der Waals surface area (Å²) in [6.45, 7) is 5.16. The molecule has 16 heavy (non-hydrogen) atoms. The largest absolute Gasteiger partial charge is 0.465 e. The van der Waals surface area contributed by atoms with E-state index in [1.165, 1.54) is 12.1 Å². The maximum Gasteiger partial charge on any atom is 0.317 e. The van der Waals surface area contributed by atoms with Crippen molar-refractivity contribution < 1.29 is 18.3 Å². The van der Waals surface area contributed by atoms with E-state index in [0.29, 0.717) is 0 Å². The van der Waals surface area contributed by atoms with Crippen molar-refractivity contribution in [3.63, 3.8) is 0 Å². The van der Waals surface area contributed by atoms with Crippen LogP contribution >= 0.6 is 0 Å². The molecule has 1 rings (SSSR count). The van der Waals surface area contributed by atoms with Gasteiger partial charge < -0.3 is 4.74 Å². The Morgan fingerprint density at radius 3 is 2.50 bits per heavy atom. The second kappa shape index (κ2) is 5.39. The summed E-state index contributed by atoms with van der Waals surface area (Å²) in [5, 5.41) is 0. The molecule has 0 fully saturated rings. The maximum atomic E-state index is 13.4. The maximum absolute atomic E-state index is 13.4. The second-order valence-electron chi connectivity index (χ2n) is 3.10. The first-order valence-corrected chi connectivity index (χ1v) is 4.84. The average molecular weight is 226 g/mol. The molecule has 0 amide bonds.